The SMILES string of the molecule is ClC1(Cl)CSCC1(Cl)Cl. The van der Waals surface area contributed by atoms with E-state index in [4.69, 9.17) is 46.4 Å². The molecule has 0 N–H and O–H groups in total. The molecule has 0 amide bonds. The van der Waals surface area contributed by atoms with Crippen LogP contribution in [0.25, 0.3) is 0 Å². The Bertz CT molecular complexity index is 108. The lowest BCUT2D eigenvalue weighted by molar-refractivity contribution is 0.818. The quantitative estimate of drug-likeness (QED) is 0.572. The molecule has 0 aromatic rings. The molecule has 0 nitrogen and oxygen atoms in total. The van der Waals surface area contributed by atoms with E-state index in [0.29, 0.717) is 11.5 Å². The van der Waals surface area contributed by atoms with Crippen LogP contribution in [0.3, 0.4) is 0 Å². The normalized spacial score (nSPS) is 30.7. The molecule has 0 atom stereocenters. The highest BCUT2D eigenvalue weighted by Crippen LogP contribution is 2.51. The van der Waals surface area contributed by atoms with Crippen LogP contribution in [0, 0.1) is 0 Å². The lowest BCUT2D eigenvalue weighted by atomic mass is 10.3. The Morgan fingerprint density at radius 2 is 1.22 bits per heavy atom. The molecule has 54 valence electrons. The minimum Gasteiger partial charge on any atom is -0.156 e. The maximum Gasteiger partial charge on any atom is 0.160 e. The summed E-state index contributed by atoms with van der Waals surface area (Å²) < 4.78 is -1.94. The molecule has 0 saturated carbocycles. The maximum atomic E-state index is 5.74. The van der Waals surface area contributed by atoms with E-state index < -0.39 is 8.67 Å². The third-order valence-corrected chi connectivity index (χ3v) is 5.22. The van der Waals surface area contributed by atoms with Gasteiger partial charge >= 0.3 is 0 Å². The van der Waals surface area contributed by atoms with Crippen molar-refractivity contribution < 1.29 is 0 Å². The van der Waals surface area contributed by atoms with Crippen molar-refractivity contribution in [1.82, 2.24) is 0 Å². The second kappa shape index (κ2) is 2.53. The number of hydrogen-bond acceptors (Lipinski definition) is 1. The Morgan fingerprint density at radius 1 is 0.889 bits per heavy atom. The fourth-order valence-electron chi connectivity index (χ4n) is 0.519. The van der Waals surface area contributed by atoms with Gasteiger partial charge in [0.1, 0.15) is 0 Å². The molecule has 9 heavy (non-hydrogen) atoms. The zero-order valence-corrected chi connectivity index (χ0v) is 8.17. The predicted molar refractivity (Wildman–Crippen MR) is 46.2 cm³/mol. The predicted octanol–water partition coefficient (Wildman–Crippen LogP) is 3.08. The molecule has 0 radical (unpaired) electrons. The summed E-state index contributed by atoms with van der Waals surface area (Å²) in [4.78, 5) is 0. The molecule has 5 heteroatoms. The lowest BCUT2D eigenvalue weighted by Gasteiger charge is -2.22. The Morgan fingerprint density at radius 3 is 1.33 bits per heavy atom. The summed E-state index contributed by atoms with van der Waals surface area (Å²) in [5.41, 5.74) is 0. The number of halogens is 4. The lowest BCUT2D eigenvalue weighted by Crippen LogP contribution is -2.33. The van der Waals surface area contributed by atoms with Crippen molar-refractivity contribution >= 4 is 58.2 Å². The highest BCUT2D eigenvalue weighted by molar-refractivity contribution is 8.00. The van der Waals surface area contributed by atoms with Gasteiger partial charge in [-0.05, 0) is 0 Å². The van der Waals surface area contributed by atoms with Crippen LogP contribution in [0.5, 0.6) is 0 Å². The molecule has 1 saturated heterocycles. The van der Waals surface area contributed by atoms with Gasteiger partial charge in [0.25, 0.3) is 0 Å². The molecule has 0 unspecified atom stereocenters. The Kier molecular flexibility index (Phi) is 2.42. The first-order chi connectivity index (χ1) is 3.96. The van der Waals surface area contributed by atoms with Crippen molar-refractivity contribution in [1.29, 1.82) is 0 Å². The minimum absolute atomic E-state index is 0.600. The van der Waals surface area contributed by atoms with Gasteiger partial charge in [-0.15, -0.1) is 0 Å². The van der Waals surface area contributed by atoms with E-state index in [-0.39, 0.29) is 0 Å². The third-order valence-electron chi connectivity index (χ3n) is 1.10. The summed E-state index contributed by atoms with van der Waals surface area (Å²) in [6.07, 6.45) is 0. The summed E-state index contributed by atoms with van der Waals surface area (Å²) in [7, 11) is 0. The molecule has 1 heterocycles. The summed E-state index contributed by atoms with van der Waals surface area (Å²) >= 11 is 24.5. The molecular formula is C4H4Cl4S. The molecule has 0 aromatic carbocycles. The molecule has 0 spiro atoms. The Labute approximate surface area is 78.2 Å². The highest BCUT2D eigenvalue weighted by Gasteiger charge is 2.51. The third kappa shape index (κ3) is 1.57. The number of rotatable bonds is 0. The van der Waals surface area contributed by atoms with E-state index in [9.17, 15) is 0 Å². The van der Waals surface area contributed by atoms with Crippen molar-refractivity contribution in [2.24, 2.45) is 0 Å². The van der Waals surface area contributed by atoms with Crippen molar-refractivity contribution in [3.63, 3.8) is 0 Å². The average molecular weight is 226 g/mol. The molecule has 1 fully saturated rings. The molecule has 1 rings (SSSR count). The van der Waals surface area contributed by atoms with Gasteiger partial charge in [0.2, 0.25) is 0 Å². The van der Waals surface area contributed by atoms with E-state index in [2.05, 4.69) is 0 Å². The van der Waals surface area contributed by atoms with Crippen LogP contribution >= 0.6 is 58.2 Å². The molecular weight excluding hydrogens is 222 g/mol. The summed E-state index contributed by atoms with van der Waals surface area (Å²) in [6, 6.07) is 0. The second-order valence-electron chi connectivity index (χ2n) is 1.90. The topological polar surface area (TPSA) is 0 Å². The first-order valence-electron chi connectivity index (χ1n) is 2.29. The van der Waals surface area contributed by atoms with Crippen LogP contribution in [-0.2, 0) is 0 Å². The van der Waals surface area contributed by atoms with Crippen LogP contribution in [-0.4, -0.2) is 20.2 Å². The van der Waals surface area contributed by atoms with E-state index >= 15 is 0 Å². The van der Waals surface area contributed by atoms with Crippen LogP contribution in [0.2, 0.25) is 0 Å². The van der Waals surface area contributed by atoms with Crippen LogP contribution in [0.4, 0.5) is 0 Å². The van der Waals surface area contributed by atoms with Crippen LogP contribution in [0.15, 0.2) is 0 Å². The largest absolute Gasteiger partial charge is 0.160 e. The van der Waals surface area contributed by atoms with E-state index in [1.165, 1.54) is 0 Å². The van der Waals surface area contributed by atoms with Gasteiger partial charge in [-0.25, -0.2) is 0 Å². The van der Waals surface area contributed by atoms with Gasteiger partial charge in [-0.3, -0.25) is 0 Å². The Balaban J connectivity index is 2.75. The van der Waals surface area contributed by atoms with Crippen LogP contribution in [0.1, 0.15) is 0 Å². The van der Waals surface area contributed by atoms with Crippen molar-refractivity contribution in [3.05, 3.63) is 0 Å². The molecule has 1 aliphatic heterocycles. The van der Waals surface area contributed by atoms with Gasteiger partial charge in [0, 0.05) is 11.5 Å². The highest BCUT2D eigenvalue weighted by atomic mass is 35.5. The van der Waals surface area contributed by atoms with Gasteiger partial charge in [0.05, 0.1) is 0 Å². The summed E-state index contributed by atoms with van der Waals surface area (Å²) in [6.45, 7) is 0. The van der Waals surface area contributed by atoms with Crippen LogP contribution < -0.4 is 0 Å². The van der Waals surface area contributed by atoms with Crippen molar-refractivity contribution in [2.45, 2.75) is 8.67 Å². The number of alkyl halides is 4. The zero-order chi connectivity index (χ0) is 7.12. The minimum atomic E-state index is -0.971. The fraction of sp³-hybridized carbons (Fsp3) is 1.00. The van der Waals surface area contributed by atoms with E-state index in [1.807, 2.05) is 0 Å². The standard InChI is InChI=1S/C4H4Cl4S/c5-3(6)1-9-2-4(3,7)8/h1-2H2. The smallest absolute Gasteiger partial charge is 0.156 e. The van der Waals surface area contributed by atoms with Crippen molar-refractivity contribution in [2.75, 3.05) is 11.5 Å². The number of hydrogen-bond donors (Lipinski definition) is 0. The summed E-state index contributed by atoms with van der Waals surface area (Å²) in [5, 5.41) is 0. The average Bonchev–Trinajstić information content (AvgIpc) is 1.81. The van der Waals surface area contributed by atoms with E-state index in [1.54, 1.807) is 11.8 Å². The first kappa shape index (κ1) is 8.61. The summed E-state index contributed by atoms with van der Waals surface area (Å²) in [5.74, 6) is 1.20. The monoisotopic (exact) mass is 224 g/mol. The van der Waals surface area contributed by atoms with Crippen molar-refractivity contribution in [3.8, 4) is 0 Å². The fourth-order valence-corrected chi connectivity index (χ4v) is 3.14. The first-order valence-corrected chi connectivity index (χ1v) is 4.96. The second-order valence-corrected chi connectivity index (χ2v) is 5.86. The van der Waals surface area contributed by atoms with Gasteiger partial charge in [0.15, 0.2) is 8.67 Å². The molecule has 0 aromatic heterocycles. The van der Waals surface area contributed by atoms with Gasteiger partial charge in [-0.1, -0.05) is 46.4 Å². The Hall–Kier alpha value is 1.51. The number of thioether (sulfide) groups is 1. The molecule has 0 aliphatic carbocycles. The maximum absolute atomic E-state index is 5.74. The zero-order valence-electron chi connectivity index (χ0n) is 4.33. The van der Waals surface area contributed by atoms with Gasteiger partial charge in [-0.2, -0.15) is 11.8 Å². The van der Waals surface area contributed by atoms with Gasteiger partial charge < -0.3 is 0 Å². The molecule has 1 aliphatic rings. The molecule has 0 bridgehead atoms. The van der Waals surface area contributed by atoms with E-state index in [0.717, 1.165) is 0 Å².